The number of hydrogen-bond donors (Lipinski definition) is 1. The van der Waals surface area contributed by atoms with Crippen molar-refractivity contribution < 1.29 is 17.9 Å². The third kappa shape index (κ3) is 3.16. The molecule has 0 atom stereocenters. The van der Waals surface area contributed by atoms with E-state index in [0.29, 0.717) is 29.9 Å². The van der Waals surface area contributed by atoms with Crippen molar-refractivity contribution in [2.24, 2.45) is 0 Å². The van der Waals surface area contributed by atoms with E-state index in [0.717, 1.165) is 23.8 Å². The maximum atomic E-state index is 13.3. The minimum absolute atomic E-state index is 0.114. The largest absolute Gasteiger partial charge is 0.496 e. The van der Waals surface area contributed by atoms with Gasteiger partial charge in [0.25, 0.3) is 10.0 Å². The first-order valence-corrected chi connectivity index (χ1v) is 11.7. The molecule has 2 aliphatic carbocycles. The Morgan fingerprint density at radius 2 is 1.77 bits per heavy atom. The highest BCUT2D eigenvalue weighted by Gasteiger charge is 2.54. The summed E-state index contributed by atoms with van der Waals surface area (Å²) < 4.78 is 34.2. The summed E-state index contributed by atoms with van der Waals surface area (Å²) in [5.74, 6) is 0.684. The third-order valence-electron chi connectivity index (χ3n) is 6.24. The maximum absolute atomic E-state index is 13.3. The number of benzene rings is 3. The van der Waals surface area contributed by atoms with E-state index < -0.39 is 21.3 Å². The van der Waals surface area contributed by atoms with Crippen LogP contribution < -0.4 is 9.46 Å². The van der Waals surface area contributed by atoms with Crippen molar-refractivity contribution in [3.63, 3.8) is 0 Å². The summed E-state index contributed by atoms with van der Waals surface area (Å²) in [6.45, 7) is 0. The quantitative estimate of drug-likeness (QED) is 0.645. The van der Waals surface area contributed by atoms with Gasteiger partial charge in [-0.05, 0) is 54.7 Å². The lowest BCUT2D eigenvalue weighted by Crippen LogP contribution is -2.39. The van der Waals surface area contributed by atoms with E-state index >= 15 is 0 Å². The van der Waals surface area contributed by atoms with Gasteiger partial charge in [0.15, 0.2) is 0 Å². The van der Waals surface area contributed by atoms with Gasteiger partial charge in [0.05, 0.1) is 17.4 Å². The number of fused-ring (bicyclic) bond motifs is 1. The molecule has 3 aromatic rings. The fourth-order valence-corrected chi connectivity index (χ4v) is 5.50. The van der Waals surface area contributed by atoms with Gasteiger partial charge in [-0.2, -0.15) is 0 Å². The molecular formula is C24H23NO4S. The predicted molar refractivity (Wildman–Crippen MR) is 115 cm³/mol. The molecule has 154 valence electrons. The van der Waals surface area contributed by atoms with Gasteiger partial charge in [0.2, 0.25) is 5.91 Å². The zero-order valence-electron chi connectivity index (χ0n) is 16.7. The van der Waals surface area contributed by atoms with Crippen LogP contribution >= 0.6 is 0 Å². The Kier molecular flexibility index (Phi) is 4.36. The van der Waals surface area contributed by atoms with Crippen molar-refractivity contribution in [2.45, 2.75) is 41.9 Å². The number of carbonyl (C=O) groups is 1. The second-order valence-corrected chi connectivity index (χ2v) is 9.88. The van der Waals surface area contributed by atoms with Gasteiger partial charge in [0, 0.05) is 10.9 Å². The van der Waals surface area contributed by atoms with Crippen molar-refractivity contribution in [3.8, 4) is 5.75 Å². The molecule has 3 aromatic carbocycles. The lowest BCUT2D eigenvalue weighted by atomic mass is 9.91. The topological polar surface area (TPSA) is 72.5 Å². The Hall–Kier alpha value is -2.86. The van der Waals surface area contributed by atoms with Crippen molar-refractivity contribution in [1.82, 2.24) is 4.72 Å². The van der Waals surface area contributed by atoms with Crippen LogP contribution in [-0.2, 0) is 20.2 Å². The van der Waals surface area contributed by atoms with E-state index in [1.807, 2.05) is 36.4 Å². The summed E-state index contributed by atoms with van der Waals surface area (Å²) in [6, 6.07) is 18.3. The number of ether oxygens (including phenoxy) is 1. The number of hydrogen-bond acceptors (Lipinski definition) is 4. The number of nitrogens with one attached hydrogen (secondary N) is 1. The summed E-state index contributed by atoms with van der Waals surface area (Å²) in [5, 5.41) is 1.41. The Labute approximate surface area is 176 Å². The van der Waals surface area contributed by atoms with Crippen LogP contribution in [0, 0.1) is 0 Å². The Morgan fingerprint density at radius 3 is 2.47 bits per heavy atom. The fraction of sp³-hybridized carbons (Fsp3) is 0.292. The molecule has 0 radical (unpaired) electrons. The van der Waals surface area contributed by atoms with Crippen LogP contribution in [0.1, 0.15) is 42.7 Å². The lowest BCUT2D eigenvalue weighted by molar-refractivity contribution is -0.121. The van der Waals surface area contributed by atoms with Gasteiger partial charge in [-0.1, -0.05) is 48.5 Å². The van der Waals surface area contributed by atoms with E-state index in [-0.39, 0.29) is 4.90 Å². The normalized spacial score (nSPS) is 17.5. The predicted octanol–water partition coefficient (Wildman–Crippen LogP) is 4.26. The summed E-state index contributed by atoms with van der Waals surface area (Å²) in [6.07, 6.45) is 3.52. The molecule has 6 heteroatoms. The Morgan fingerprint density at radius 1 is 1.03 bits per heavy atom. The smallest absolute Gasteiger partial charge is 0.264 e. The third-order valence-corrected chi connectivity index (χ3v) is 7.63. The van der Waals surface area contributed by atoms with Gasteiger partial charge in [0.1, 0.15) is 5.75 Å². The minimum atomic E-state index is -4.01. The van der Waals surface area contributed by atoms with Gasteiger partial charge < -0.3 is 4.74 Å². The van der Waals surface area contributed by atoms with Crippen LogP contribution in [0.3, 0.4) is 0 Å². The number of methoxy groups -OCH3 is 1. The van der Waals surface area contributed by atoms with Crippen LogP contribution in [0.25, 0.3) is 10.8 Å². The average molecular weight is 422 g/mol. The summed E-state index contributed by atoms with van der Waals surface area (Å²) in [7, 11) is -2.43. The molecule has 1 amide bonds. The van der Waals surface area contributed by atoms with Gasteiger partial charge in [-0.15, -0.1) is 0 Å². The molecule has 1 N–H and O–H groups in total. The minimum Gasteiger partial charge on any atom is -0.496 e. The van der Waals surface area contributed by atoms with Crippen LogP contribution in [-0.4, -0.2) is 21.4 Å². The molecule has 2 fully saturated rings. The van der Waals surface area contributed by atoms with Gasteiger partial charge >= 0.3 is 0 Å². The van der Waals surface area contributed by atoms with E-state index in [1.165, 1.54) is 11.6 Å². The molecule has 0 heterocycles. The molecule has 2 aliphatic rings. The van der Waals surface area contributed by atoms with Crippen LogP contribution in [0.15, 0.2) is 65.6 Å². The highest BCUT2D eigenvalue weighted by Crippen LogP contribution is 2.53. The maximum Gasteiger partial charge on any atom is 0.264 e. The van der Waals surface area contributed by atoms with Crippen LogP contribution in [0.4, 0.5) is 0 Å². The van der Waals surface area contributed by atoms with E-state index in [9.17, 15) is 13.2 Å². The first-order valence-electron chi connectivity index (χ1n) is 10.2. The van der Waals surface area contributed by atoms with Crippen LogP contribution in [0.2, 0.25) is 0 Å². The molecule has 0 spiro atoms. The molecule has 0 unspecified atom stereocenters. The Bertz CT molecular complexity index is 1250. The van der Waals surface area contributed by atoms with Crippen LogP contribution in [0.5, 0.6) is 5.75 Å². The highest BCUT2D eigenvalue weighted by atomic mass is 32.2. The Balaban J connectivity index is 1.50. The first-order chi connectivity index (χ1) is 14.4. The number of carbonyl (C=O) groups excluding carboxylic acids is 1. The lowest BCUT2D eigenvalue weighted by Gasteiger charge is -2.20. The molecular weight excluding hydrogens is 398 g/mol. The fourth-order valence-electron chi connectivity index (χ4n) is 4.22. The van der Waals surface area contributed by atoms with E-state index in [4.69, 9.17) is 4.74 Å². The number of rotatable bonds is 6. The molecule has 5 rings (SSSR count). The van der Waals surface area contributed by atoms with E-state index in [2.05, 4.69) is 4.72 Å². The molecule has 30 heavy (non-hydrogen) atoms. The zero-order chi connectivity index (χ0) is 20.9. The molecule has 0 aliphatic heterocycles. The first kappa shape index (κ1) is 19.1. The zero-order valence-corrected chi connectivity index (χ0v) is 17.5. The average Bonchev–Trinajstić information content (AvgIpc) is 3.66. The number of amides is 1. The van der Waals surface area contributed by atoms with Crippen molar-refractivity contribution in [2.75, 3.05) is 7.11 Å². The molecule has 0 saturated heterocycles. The van der Waals surface area contributed by atoms with Crippen molar-refractivity contribution in [3.05, 3.63) is 71.8 Å². The summed E-state index contributed by atoms with van der Waals surface area (Å²) in [5.41, 5.74) is 1.13. The molecule has 5 nitrogen and oxygen atoms in total. The molecule has 2 saturated carbocycles. The standard InChI is InChI=1S/C24H23NO4S/c1-29-21-12-11-18(16-9-10-16)15-20(21)24(13-14-24)23(26)25-30(27,28)22-8-4-6-17-5-2-3-7-19(17)22/h2-8,11-12,15-16H,9-10,13-14H2,1H3,(H,25,26). The van der Waals surface area contributed by atoms with Crippen molar-refractivity contribution >= 4 is 26.7 Å². The van der Waals surface area contributed by atoms with Gasteiger partial charge in [-0.25, -0.2) is 13.1 Å². The second kappa shape index (κ2) is 6.84. The summed E-state index contributed by atoms with van der Waals surface area (Å²) >= 11 is 0. The molecule has 0 aromatic heterocycles. The second-order valence-electron chi connectivity index (χ2n) is 8.23. The van der Waals surface area contributed by atoms with Crippen molar-refractivity contribution in [1.29, 1.82) is 0 Å². The number of sulfonamides is 1. The monoisotopic (exact) mass is 421 g/mol. The molecule has 0 bridgehead atoms. The summed E-state index contributed by atoms with van der Waals surface area (Å²) in [4.78, 5) is 13.4. The van der Waals surface area contributed by atoms with E-state index in [1.54, 1.807) is 25.3 Å². The SMILES string of the molecule is COc1ccc(C2CC2)cc1C1(C(=O)NS(=O)(=O)c2cccc3ccccc23)CC1. The van der Waals surface area contributed by atoms with Gasteiger partial charge in [-0.3, -0.25) is 4.79 Å². The highest BCUT2D eigenvalue weighted by molar-refractivity contribution is 7.90.